The molecule has 0 unspecified atom stereocenters. The van der Waals surface area contributed by atoms with E-state index in [1.807, 2.05) is 6.08 Å². The summed E-state index contributed by atoms with van der Waals surface area (Å²) in [6.45, 7) is 5.24. The summed E-state index contributed by atoms with van der Waals surface area (Å²) in [6, 6.07) is -0.710. The van der Waals surface area contributed by atoms with Crippen LogP contribution < -0.4 is 17.0 Å². The molecule has 1 aliphatic carbocycles. The number of aromatic nitrogens is 2. The highest BCUT2D eigenvalue weighted by Gasteiger charge is 2.20. The zero-order valence-corrected chi connectivity index (χ0v) is 15.1. The number of hydrogen-bond donors (Lipinski definition) is 1. The van der Waals surface area contributed by atoms with E-state index in [4.69, 9.17) is 10.5 Å². The van der Waals surface area contributed by atoms with Crippen LogP contribution in [0.1, 0.15) is 38.7 Å². The molecule has 1 atom stereocenters. The molecular weight excluding hydrogens is 322 g/mol. The summed E-state index contributed by atoms with van der Waals surface area (Å²) in [6.07, 6.45) is 6.49. The molecule has 0 amide bonds. The van der Waals surface area contributed by atoms with Crippen LogP contribution in [-0.2, 0) is 16.6 Å². The maximum Gasteiger partial charge on any atom is 0.335 e. The fourth-order valence-electron chi connectivity index (χ4n) is 2.79. The lowest BCUT2D eigenvalue weighted by Gasteiger charge is -2.19. The van der Waals surface area contributed by atoms with E-state index >= 15 is 0 Å². The number of rotatable bonds is 5. The van der Waals surface area contributed by atoms with Crippen molar-refractivity contribution in [2.45, 2.75) is 52.2 Å². The van der Waals surface area contributed by atoms with Crippen LogP contribution in [0.3, 0.4) is 0 Å². The van der Waals surface area contributed by atoms with Gasteiger partial charge in [0.1, 0.15) is 6.04 Å². The number of hydrogen-bond acceptors (Lipinski definition) is 5. The van der Waals surface area contributed by atoms with E-state index in [0.29, 0.717) is 30.5 Å². The molecule has 0 saturated carbocycles. The zero-order chi connectivity index (χ0) is 18.7. The largest absolute Gasteiger partial charge is 0.462 e. The van der Waals surface area contributed by atoms with Gasteiger partial charge in [-0.2, -0.15) is 0 Å². The van der Waals surface area contributed by atoms with Gasteiger partial charge in [-0.3, -0.25) is 9.59 Å². The SMILES string of the molecule is Cc1cn(C)c(=O)n(C2=CC=C(C[C@H](N)C(=O)OC(C)C)CC2)c1=O. The second kappa shape index (κ2) is 7.65. The first-order valence-electron chi connectivity index (χ1n) is 8.35. The third-order valence-corrected chi connectivity index (χ3v) is 4.06. The van der Waals surface area contributed by atoms with Crippen LogP contribution in [0.4, 0.5) is 0 Å². The molecule has 1 aromatic rings. The van der Waals surface area contributed by atoms with Crippen molar-refractivity contribution in [3.63, 3.8) is 0 Å². The van der Waals surface area contributed by atoms with E-state index in [0.717, 1.165) is 5.57 Å². The molecular formula is C18H25N3O4. The van der Waals surface area contributed by atoms with Crippen molar-refractivity contribution in [3.05, 3.63) is 50.3 Å². The van der Waals surface area contributed by atoms with Crippen LogP contribution in [0.2, 0.25) is 0 Å². The van der Waals surface area contributed by atoms with Crippen LogP contribution in [0, 0.1) is 6.92 Å². The number of esters is 1. The highest BCUT2D eigenvalue weighted by Crippen LogP contribution is 2.23. The molecule has 0 bridgehead atoms. The maximum absolute atomic E-state index is 12.3. The minimum Gasteiger partial charge on any atom is -0.462 e. The van der Waals surface area contributed by atoms with Crippen LogP contribution >= 0.6 is 0 Å². The Morgan fingerprint density at radius 2 is 1.96 bits per heavy atom. The summed E-state index contributed by atoms with van der Waals surface area (Å²) in [4.78, 5) is 36.4. The fraction of sp³-hybridized carbons (Fsp3) is 0.500. The molecule has 0 aliphatic heterocycles. The van der Waals surface area contributed by atoms with Crippen LogP contribution in [0.25, 0.3) is 5.70 Å². The van der Waals surface area contributed by atoms with Gasteiger partial charge in [0.15, 0.2) is 0 Å². The predicted octanol–water partition coefficient (Wildman–Crippen LogP) is 1.09. The molecule has 2 N–H and O–H groups in total. The zero-order valence-electron chi connectivity index (χ0n) is 15.1. The smallest absolute Gasteiger partial charge is 0.335 e. The molecule has 25 heavy (non-hydrogen) atoms. The van der Waals surface area contributed by atoms with Gasteiger partial charge >= 0.3 is 11.7 Å². The number of nitrogens with two attached hydrogens (primary N) is 1. The Labute approximate surface area is 146 Å². The number of ether oxygens (including phenoxy) is 1. The second-order valence-electron chi connectivity index (χ2n) is 6.63. The number of nitrogens with zero attached hydrogens (tertiary/aromatic N) is 2. The summed E-state index contributed by atoms with van der Waals surface area (Å²) in [5.41, 5.74) is 7.37. The van der Waals surface area contributed by atoms with E-state index in [1.165, 1.54) is 15.3 Å². The lowest BCUT2D eigenvalue weighted by molar-refractivity contribution is -0.148. The molecule has 0 aromatic carbocycles. The van der Waals surface area contributed by atoms with Gasteiger partial charge in [0.2, 0.25) is 0 Å². The molecule has 0 spiro atoms. The third-order valence-electron chi connectivity index (χ3n) is 4.06. The Kier molecular flexibility index (Phi) is 5.79. The average Bonchev–Trinajstić information content (AvgIpc) is 2.54. The standard InChI is InChI=1S/C18H25N3O4/c1-11(2)25-17(23)15(19)9-13-5-7-14(8-6-13)21-16(22)12(3)10-20(4)18(21)24/h5,7,10-11,15H,6,8-9,19H2,1-4H3/t15-/m0/s1. The van der Waals surface area contributed by atoms with Gasteiger partial charge in [0.25, 0.3) is 5.56 Å². The van der Waals surface area contributed by atoms with Gasteiger partial charge in [0.05, 0.1) is 6.10 Å². The first-order valence-corrected chi connectivity index (χ1v) is 8.35. The van der Waals surface area contributed by atoms with E-state index < -0.39 is 12.0 Å². The average molecular weight is 347 g/mol. The molecule has 136 valence electrons. The molecule has 0 fully saturated rings. The van der Waals surface area contributed by atoms with Gasteiger partial charge < -0.3 is 15.0 Å². The number of allylic oxidation sites excluding steroid dienone is 3. The third kappa shape index (κ3) is 4.36. The lowest BCUT2D eigenvalue weighted by atomic mass is 9.96. The summed E-state index contributed by atoms with van der Waals surface area (Å²) >= 11 is 0. The quantitative estimate of drug-likeness (QED) is 0.804. The molecule has 1 aliphatic rings. The number of carbonyl (C=O) groups excluding carboxylic acids is 1. The van der Waals surface area contributed by atoms with Gasteiger partial charge in [-0.05, 0) is 46.1 Å². The highest BCUT2D eigenvalue weighted by atomic mass is 16.5. The van der Waals surface area contributed by atoms with E-state index in [2.05, 4.69) is 0 Å². The van der Waals surface area contributed by atoms with Crippen molar-refractivity contribution in [1.82, 2.24) is 9.13 Å². The molecule has 0 saturated heterocycles. The van der Waals surface area contributed by atoms with E-state index in [1.54, 1.807) is 33.9 Å². The molecule has 7 heteroatoms. The summed E-state index contributed by atoms with van der Waals surface area (Å²) in [5, 5.41) is 0. The van der Waals surface area contributed by atoms with Gasteiger partial charge in [0, 0.05) is 24.5 Å². The van der Waals surface area contributed by atoms with Gasteiger partial charge in [-0.25, -0.2) is 9.36 Å². The second-order valence-corrected chi connectivity index (χ2v) is 6.63. The normalized spacial score (nSPS) is 15.6. The topological polar surface area (TPSA) is 96.3 Å². The van der Waals surface area contributed by atoms with Crippen LogP contribution in [0.15, 0.2) is 33.5 Å². The first kappa shape index (κ1) is 18.9. The molecule has 2 rings (SSSR count). The monoisotopic (exact) mass is 347 g/mol. The number of aryl methyl sites for hydroxylation is 2. The minimum atomic E-state index is -0.710. The predicted molar refractivity (Wildman–Crippen MR) is 96.1 cm³/mol. The summed E-state index contributed by atoms with van der Waals surface area (Å²) in [5.74, 6) is -0.422. The van der Waals surface area contributed by atoms with Crippen molar-refractivity contribution < 1.29 is 9.53 Å². The molecule has 1 aromatic heterocycles. The summed E-state index contributed by atoms with van der Waals surface area (Å²) in [7, 11) is 1.62. The van der Waals surface area contributed by atoms with Gasteiger partial charge in [-0.15, -0.1) is 0 Å². The first-order chi connectivity index (χ1) is 11.7. The molecule has 7 nitrogen and oxygen atoms in total. The van der Waals surface area contributed by atoms with Crippen molar-refractivity contribution in [2.75, 3.05) is 0 Å². The van der Waals surface area contributed by atoms with Crippen LogP contribution in [0.5, 0.6) is 0 Å². The van der Waals surface area contributed by atoms with Crippen molar-refractivity contribution in [2.24, 2.45) is 12.8 Å². The minimum absolute atomic E-state index is 0.199. The Hall–Kier alpha value is -2.41. The van der Waals surface area contributed by atoms with E-state index in [-0.39, 0.29) is 17.4 Å². The van der Waals surface area contributed by atoms with E-state index in [9.17, 15) is 14.4 Å². The molecule has 0 radical (unpaired) electrons. The van der Waals surface area contributed by atoms with Gasteiger partial charge in [-0.1, -0.05) is 11.6 Å². The summed E-state index contributed by atoms with van der Waals surface area (Å²) < 4.78 is 7.71. The Bertz CT molecular complexity index is 809. The lowest BCUT2D eigenvalue weighted by Crippen LogP contribution is -2.39. The Morgan fingerprint density at radius 1 is 1.28 bits per heavy atom. The maximum atomic E-state index is 12.3. The van der Waals surface area contributed by atoms with Crippen molar-refractivity contribution in [3.8, 4) is 0 Å². The number of carbonyl (C=O) groups is 1. The highest BCUT2D eigenvalue weighted by molar-refractivity contribution is 5.76. The van der Waals surface area contributed by atoms with Crippen LogP contribution in [-0.4, -0.2) is 27.2 Å². The Balaban J connectivity index is 2.21. The molecule has 1 heterocycles. The van der Waals surface area contributed by atoms with Crippen molar-refractivity contribution in [1.29, 1.82) is 0 Å². The van der Waals surface area contributed by atoms with Crippen molar-refractivity contribution >= 4 is 11.7 Å². The fourth-order valence-corrected chi connectivity index (χ4v) is 2.79. The Morgan fingerprint density at radius 3 is 2.52 bits per heavy atom.